The number of anilines is 1. The van der Waals surface area contributed by atoms with Crippen LogP contribution in [0.5, 0.6) is 0 Å². The van der Waals surface area contributed by atoms with Gasteiger partial charge in [-0.05, 0) is 43.9 Å². The van der Waals surface area contributed by atoms with Gasteiger partial charge in [0.2, 0.25) is 0 Å². The van der Waals surface area contributed by atoms with Crippen molar-refractivity contribution in [2.24, 2.45) is 0 Å². The standard InChI is InChI=1S/C14H17BrN2O/c15-12-5-6-14(11(9-12)10-16)17-7-1-3-13-4-2-8-18-13/h5-6,9,13,17H,1-4,7-8H2. The number of benzene rings is 1. The van der Waals surface area contributed by atoms with Crippen molar-refractivity contribution in [2.45, 2.75) is 31.8 Å². The normalized spacial score (nSPS) is 18.6. The Bertz CT molecular complexity index is 436. The number of nitriles is 1. The van der Waals surface area contributed by atoms with Gasteiger partial charge in [-0.3, -0.25) is 0 Å². The molecule has 0 spiro atoms. The molecule has 0 bridgehead atoms. The molecule has 0 radical (unpaired) electrons. The quantitative estimate of drug-likeness (QED) is 0.844. The molecule has 1 aliphatic rings. The van der Waals surface area contributed by atoms with Crippen LogP contribution in [0.15, 0.2) is 22.7 Å². The minimum Gasteiger partial charge on any atom is -0.384 e. The van der Waals surface area contributed by atoms with Gasteiger partial charge in [0.15, 0.2) is 0 Å². The van der Waals surface area contributed by atoms with Gasteiger partial charge in [0.1, 0.15) is 6.07 Å². The fourth-order valence-corrected chi connectivity index (χ4v) is 2.55. The van der Waals surface area contributed by atoms with E-state index in [-0.39, 0.29) is 0 Å². The van der Waals surface area contributed by atoms with E-state index >= 15 is 0 Å². The van der Waals surface area contributed by atoms with E-state index in [0.29, 0.717) is 11.7 Å². The summed E-state index contributed by atoms with van der Waals surface area (Å²) in [5.41, 5.74) is 1.59. The molecule has 1 unspecified atom stereocenters. The highest BCUT2D eigenvalue weighted by atomic mass is 79.9. The van der Waals surface area contributed by atoms with E-state index in [0.717, 1.165) is 36.2 Å². The summed E-state index contributed by atoms with van der Waals surface area (Å²) in [6.07, 6.45) is 5.02. The first-order valence-corrected chi connectivity index (χ1v) is 7.14. The van der Waals surface area contributed by atoms with Crippen molar-refractivity contribution in [1.29, 1.82) is 5.26 Å². The summed E-state index contributed by atoms with van der Waals surface area (Å²) in [4.78, 5) is 0. The lowest BCUT2D eigenvalue weighted by atomic mass is 10.1. The number of nitrogens with one attached hydrogen (secondary N) is 1. The maximum atomic E-state index is 9.04. The largest absolute Gasteiger partial charge is 0.384 e. The summed E-state index contributed by atoms with van der Waals surface area (Å²) < 4.78 is 6.51. The van der Waals surface area contributed by atoms with Gasteiger partial charge < -0.3 is 10.1 Å². The van der Waals surface area contributed by atoms with Crippen LogP contribution in [0, 0.1) is 11.3 Å². The summed E-state index contributed by atoms with van der Waals surface area (Å²) in [5, 5.41) is 12.4. The fourth-order valence-electron chi connectivity index (χ4n) is 2.19. The van der Waals surface area contributed by atoms with Crippen molar-refractivity contribution in [1.82, 2.24) is 0 Å². The zero-order chi connectivity index (χ0) is 12.8. The van der Waals surface area contributed by atoms with Gasteiger partial charge in [0.05, 0.1) is 17.4 Å². The molecule has 4 heteroatoms. The molecule has 1 aromatic rings. The van der Waals surface area contributed by atoms with Crippen LogP contribution in [0.25, 0.3) is 0 Å². The number of hydrogen-bond donors (Lipinski definition) is 1. The Labute approximate surface area is 116 Å². The predicted molar refractivity (Wildman–Crippen MR) is 75.6 cm³/mol. The van der Waals surface area contributed by atoms with Crippen LogP contribution < -0.4 is 5.32 Å². The van der Waals surface area contributed by atoms with E-state index in [4.69, 9.17) is 10.00 Å². The average Bonchev–Trinajstić information content (AvgIpc) is 2.89. The van der Waals surface area contributed by atoms with E-state index in [9.17, 15) is 0 Å². The molecule has 3 nitrogen and oxygen atoms in total. The Morgan fingerprint density at radius 2 is 2.39 bits per heavy atom. The Balaban J connectivity index is 1.77. The first kappa shape index (κ1) is 13.4. The van der Waals surface area contributed by atoms with Gasteiger partial charge in [0.25, 0.3) is 0 Å². The minimum atomic E-state index is 0.451. The maximum Gasteiger partial charge on any atom is 0.101 e. The van der Waals surface area contributed by atoms with E-state index in [1.807, 2.05) is 18.2 Å². The molecule has 1 aromatic carbocycles. The molecule has 0 amide bonds. The zero-order valence-electron chi connectivity index (χ0n) is 10.3. The third-order valence-corrected chi connectivity index (χ3v) is 3.64. The minimum absolute atomic E-state index is 0.451. The van der Waals surface area contributed by atoms with Gasteiger partial charge in [-0.1, -0.05) is 15.9 Å². The first-order valence-electron chi connectivity index (χ1n) is 6.35. The van der Waals surface area contributed by atoms with Gasteiger partial charge >= 0.3 is 0 Å². The highest BCUT2D eigenvalue weighted by Crippen LogP contribution is 2.21. The summed E-state index contributed by atoms with van der Waals surface area (Å²) in [5.74, 6) is 0. The van der Waals surface area contributed by atoms with Gasteiger partial charge in [0, 0.05) is 17.6 Å². The maximum absolute atomic E-state index is 9.04. The number of halogens is 1. The highest BCUT2D eigenvalue weighted by Gasteiger charge is 2.14. The van der Waals surface area contributed by atoms with E-state index in [1.165, 1.54) is 12.8 Å². The Kier molecular flexibility index (Phi) is 5.03. The van der Waals surface area contributed by atoms with Crippen LogP contribution in [0.4, 0.5) is 5.69 Å². The van der Waals surface area contributed by atoms with Gasteiger partial charge in [-0.15, -0.1) is 0 Å². The molecule has 0 saturated carbocycles. The summed E-state index contributed by atoms with van der Waals surface area (Å²) >= 11 is 3.37. The SMILES string of the molecule is N#Cc1cc(Br)ccc1NCCCC1CCCO1. The molecule has 1 N–H and O–H groups in total. The first-order chi connectivity index (χ1) is 8.79. The molecule has 1 fully saturated rings. The van der Waals surface area contributed by atoms with Crippen molar-refractivity contribution in [3.63, 3.8) is 0 Å². The second kappa shape index (κ2) is 6.77. The van der Waals surface area contributed by atoms with Crippen LogP contribution in [-0.2, 0) is 4.74 Å². The van der Waals surface area contributed by atoms with Crippen LogP contribution in [0.2, 0.25) is 0 Å². The smallest absolute Gasteiger partial charge is 0.101 e. The molecule has 96 valence electrons. The lowest BCUT2D eigenvalue weighted by Gasteiger charge is -2.11. The van der Waals surface area contributed by atoms with Crippen molar-refractivity contribution >= 4 is 21.6 Å². The molecule has 18 heavy (non-hydrogen) atoms. The van der Waals surface area contributed by atoms with E-state index in [1.54, 1.807) is 0 Å². The molecule has 1 heterocycles. The second-order valence-electron chi connectivity index (χ2n) is 4.51. The summed E-state index contributed by atoms with van der Waals surface area (Å²) in [6, 6.07) is 7.92. The van der Waals surface area contributed by atoms with E-state index < -0.39 is 0 Å². The summed E-state index contributed by atoms with van der Waals surface area (Å²) in [6.45, 7) is 1.81. The Hall–Kier alpha value is -1.05. The molecule has 1 atom stereocenters. The Morgan fingerprint density at radius 3 is 3.11 bits per heavy atom. The van der Waals surface area contributed by atoms with Crippen LogP contribution in [0.3, 0.4) is 0 Å². The molecule has 0 aliphatic carbocycles. The van der Waals surface area contributed by atoms with Crippen molar-refractivity contribution in [2.75, 3.05) is 18.5 Å². The molecular weight excluding hydrogens is 292 g/mol. The molecule has 0 aromatic heterocycles. The van der Waals surface area contributed by atoms with Crippen LogP contribution in [-0.4, -0.2) is 19.3 Å². The Morgan fingerprint density at radius 1 is 1.50 bits per heavy atom. The lowest BCUT2D eigenvalue weighted by Crippen LogP contribution is -2.09. The van der Waals surface area contributed by atoms with Crippen molar-refractivity contribution in [3.8, 4) is 6.07 Å². The van der Waals surface area contributed by atoms with Gasteiger partial charge in [-0.25, -0.2) is 0 Å². The zero-order valence-corrected chi connectivity index (χ0v) is 11.9. The third kappa shape index (κ3) is 3.72. The van der Waals surface area contributed by atoms with Crippen molar-refractivity contribution in [3.05, 3.63) is 28.2 Å². The van der Waals surface area contributed by atoms with Gasteiger partial charge in [-0.2, -0.15) is 5.26 Å². The molecule has 1 saturated heterocycles. The molecule has 1 aliphatic heterocycles. The topological polar surface area (TPSA) is 45.0 Å². The monoisotopic (exact) mass is 308 g/mol. The van der Waals surface area contributed by atoms with E-state index in [2.05, 4.69) is 27.3 Å². The van der Waals surface area contributed by atoms with Crippen molar-refractivity contribution < 1.29 is 4.74 Å². The lowest BCUT2D eigenvalue weighted by molar-refractivity contribution is 0.103. The number of hydrogen-bond acceptors (Lipinski definition) is 3. The van der Waals surface area contributed by atoms with Crippen LogP contribution in [0.1, 0.15) is 31.2 Å². The van der Waals surface area contributed by atoms with Crippen LogP contribution >= 0.6 is 15.9 Å². The average molecular weight is 309 g/mol. The number of rotatable bonds is 5. The molecular formula is C14H17BrN2O. The third-order valence-electron chi connectivity index (χ3n) is 3.14. The second-order valence-corrected chi connectivity index (χ2v) is 5.42. The number of ether oxygens (including phenoxy) is 1. The fraction of sp³-hybridized carbons (Fsp3) is 0.500. The summed E-state index contributed by atoms with van der Waals surface area (Å²) in [7, 11) is 0. The predicted octanol–water partition coefficient (Wildman–Crippen LogP) is 3.69. The highest BCUT2D eigenvalue weighted by molar-refractivity contribution is 9.10. The molecule has 2 rings (SSSR count). The number of nitrogens with zero attached hydrogens (tertiary/aromatic N) is 1.